The summed E-state index contributed by atoms with van der Waals surface area (Å²) in [6, 6.07) is 18.0. The minimum Gasteiger partial charge on any atom is -0.489 e. The van der Waals surface area contributed by atoms with Crippen molar-refractivity contribution in [1.82, 2.24) is 0 Å². The molecule has 0 bridgehead atoms. The van der Waals surface area contributed by atoms with Crippen molar-refractivity contribution in [3.05, 3.63) is 65.7 Å². The van der Waals surface area contributed by atoms with Gasteiger partial charge in [0.05, 0.1) is 0 Å². The van der Waals surface area contributed by atoms with Crippen molar-refractivity contribution in [2.24, 2.45) is 5.92 Å². The van der Waals surface area contributed by atoms with Gasteiger partial charge < -0.3 is 4.74 Å². The molecule has 2 heteroatoms. The van der Waals surface area contributed by atoms with Crippen molar-refractivity contribution in [1.29, 1.82) is 0 Å². The average Bonchev–Trinajstić information content (AvgIpc) is 2.60. The van der Waals surface area contributed by atoms with Gasteiger partial charge in [-0.1, -0.05) is 49.4 Å². The molecule has 118 valence electrons. The Kier molecular flexibility index (Phi) is 6.44. The van der Waals surface area contributed by atoms with E-state index < -0.39 is 0 Å². The van der Waals surface area contributed by atoms with Crippen molar-refractivity contribution in [2.45, 2.75) is 32.8 Å². The Balaban J connectivity index is 1.84. The van der Waals surface area contributed by atoms with Crippen LogP contribution in [0.1, 0.15) is 30.9 Å². The van der Waals surface area contributed by atoms with E-state index in [1.54, 1.807) is 0 Å². The summed E-state index contributed by atoms with van der Waals surface area (Å²) in [5, 5.41) is 0. The summed E-state index contributed by atoms with van der Waals surface area (Å²) in [6.07, 6.45) is 6.93. The van der Waals surface area contributed by atoms with Crippen molar-refractivity contribution in [2.75, 3.05) is 0 Å². The molecular formula is C21H22O2. The molecule has 1 atom stereocenters. The van der Waals surface area contributed by atoms with Gasteiger partial charge in [0, 0.05) is 18.8 Å². The molecule has 0 aromatic heterocycles. The van der Waals surface area contributed by atoms with Gasteiger partial charge in [-0.3, -0.25) is 4.79 Å². The Labute approximate surface area is 138 Å². The van der Waals surface area contributed by atoms with Crippen LogP contribution in [0.25, 0.3) is 0 Å². The molecule has 2 aromatic rings. The fourth-order valence-electron chi connectivity index (χ4n) is 2.37. The third-order valence-electron chi connectivity index (χ3n) is 3.78. The first-order valence-electron chi connectivity index (χ1n) is 7.91. The molecule has 0 saturated heterocycles. The average molecular weight is 306 g/mol. The predicted molar refractivity (Wildman–Crippen MR) is 93.2 cm³/mol. The first kappa shape index (κ1) is 16.8. The Morgan fingerprint density at radius 2 is 1.78 bits per heavy atom. The van der Waals surface area contributed by atoms with Crippen LogP contribution in [0, 0.1) is 18.3 Å². The van der Waals surface area contributed by atoms with Crippen LogP contribution in [-0.4, -0.2) is 5.78 Å². The van der Waals surface area contributed by atoms with Crippen molar-refractivity contribution in [3.63, 3.8) is 0 Å². The fourth-order valence-corrected chi connectivity index (χ4v) is 2.37. The number of hydrogen-bond donors (Lipinski definition) is 0. The Hall–Kier alpha value is -2.53. The van der Waals surface area contributed by atoms with E-state index in [1.165, 1.54) is 0 Å². The zero-order valence-corrected chi connectivity index (χ0v) is 13.5. The molecule has 2 nitrogen and oxygen atoms in total. The number of benzene rings is 2. The number of hydrogen-bond acceptors (Lipinski definition) is 2. The monoisotopic (exact) mass is 306 g/mol. The van der Waals surface area contributed by atoms with E-state index >= 15 is 0 Å². The number of ketones is 1. The van der Waals surface area contributed by atoms with E-state index in [0.717, 1.165) is 23.3 Å². The Morgan fingerprint density at radius 1 is 1.09 bits per heavy atom. The van der Waals surface area contributed by atoms with Gasteiger partial charge in [0.2, 0.25) is 0 Å². The maximum absolute atomic E-state index is 11.9. The predicted octanol–water partition coefficient (Wildman–Crippen LogP) is 4.43. The number of terminal acetylenes is 1. The van der Waals surface area contributed by atoms with Crippen molar-refractivity contribution in [3.8, 4) is 18.1 Å². The fraction of sp³-hybridized carbons (Fsp3) is 0.286. The molecule has 0 saturated carbocycles. The summed E-state index contributed by atoms with van der Waals surface area (Å²) in [6.45, 7) is 2.51. The second kappa shape index (κ2) is 8.80. The zero-order chi connectivity index (χ0) is 16.5. The first-order chi connectivity index (χ1) is 11.2. The molecule has 0 amide bonds. The second-order valence-electron chi connectivity index (χ2n) is 5.69. The van der Waals surface area contributed by atoms with Gasteiger partial charge in [0.15, 0.2) is 0 Å². The molecule has 0 fully saturated rings. The molecule has 0 spiro atoms. The van der Waals surface area contributed by atoms with Crippen LogP contribution in [-0.2, 0) is 17.8 Å². The van der Waals surface area contributed by atoms with Crippen LogP contribution in [0.3, 0.4) is 0 Å². The highest BCUT2D eigenvalue weighted by atomic mass is 16.5. The van der Waals surface area contributed by atoms with Crippen LogP contribution in [0.15, 0.2) is 54.6 Å². The van der Waals surface area contributed by atoms with Crippen LogP contribution >= 0.6 is 0 Å². The molecule has 0 unspecified atom stereocenters. The van der Waals surface area contributed by atoms with Gasteiger partial charge in [-0.15, -0.1) is 12.3 Å². The molecule has 0 aliphatic carbocycles. The van der Waals surface area contributed by atoms with Crippen LogP contribution in [0.4, 0.5) is 0 Å². The second-order valence-corrected chi connectivity index (χ2v) is 5.69. The number of rotatable bonds is 8. The summed E-state index contributed by atoms with van der Waals surface area (Å²) in [5.41, 5.74) is 2.28. The minimum absolute atomic E-state index is 0.000521. The number of ether oxygens (including phenoxy) is 1. The lowest BCUT2D eigenvalue weighted by atomic mass is 9.95. The van der Waals surface area contributed by atoms with E-state index in [1.807, 2.05) is 61.5 Å². The van der Waals surface area contributed by atoms with Gasteiger partial charge in [0.25, 0.3) is 0 Å². The third kappa shape index (κ3) is 5.64. The van der Waals surface area contributed by atoms with Crippen molar-refractivity contribution >= 4 is 5.78 Å². The summed E-state index contributed by atoms with van der Waals surface area (Å²) >= 11 is 0. The van der Waals surface area contributed by atoms with Crippen LogP contribution < -0.4 is 4.74 Å². The normalized spacial score (nSPS) is 11.5. The summed E-state index contributed by atoms with van der Waals surface area (Å²) in [5.74, 6) is 3.58. The SMILES string of the molecule is C#CCCC(=O)[C@@H](C)Cc1ccc(OCc2ccccc2)cc1. The third-order valence-corrected chi connectivity index (χ3v) is 3.78. The van der Waals surface area contributed by atoms with Gasteiger partial charge in [-0.2, -0.15) is 0 Å². The number of Topliss-reactive ketones (excluding diaryl/α,β-unsaturated/α-hetero) is 1. The van der Waals surface area contributed by atoms with Gasteiger partial charge in [-0.05, 0) is 29.7 Å². The molecule has 2 rings (SSSR count). The highest BCUT2D eigenvalue weighted by molar-refractivity contribution is 5.81. The van der Waals surface area contributed by atoms with Crippen molar-refractivity contribution < 1.29 is 9.53 Å². The van der Waals surface area contributed by atoms with E-state index in [2.05, 4.69) is 5.92 Å². The number of carbonyl (C=O) groups is 1. The Bertz CT molecular complexity index is 650. The van der Waals surface area contributed by atoms with Gasteiger partial charge >= 0.3 is 0 Å². The largest absolute Gasteiger partial charge is 0.489 e. The topological polar surface area (TPSA) is 26.3 Å². The lowest BCUT2D eigenvalue weighted by Gasteiger charge is -2.11. The first-order valence-corrected chi connectivity index (χ1v) is 7.91. The molecule has 0 aliphatic heterocycles. The summed E-state index contributed by atoms with van der Waals surface area (Å²) in [7, 11) is 0. The molecule has 2 aromatic carbocycles. The van der Waals surface area contributed by atoms with Gasteiger partial charge in [0.1, 0.15) is 18.1 Å². The smallest absolute Gasteiger partial charge is 0.136 e. The van der Waals surface area contributed by atoms with E-state index in [-0.39, 0.29) is 11.7 Å². The maximum Gasteiger partial charge on any atom is 0.136 e. The van der Waals surface area contributed by atoms with Crippen LogP contribution in [0.2, 0.25) is 0 Å². The van der Waals surface area contributed by atoms with Crippen LogP contribution in [0.5, 0.6) is 5.75 Å². The molecular weight excluding hydrogens is 284 g/mol. The lowest BCUT2D eigenvalue weighted by Crippen LogP contribution is -2.13. The standard InChI is InChI=1S/C21H22O2/c1-3-4-10-21(22)17(2)15-18-11-13-20(14-12-18)23-16-19-8-6-5-7-9-19/h1,5-9,11-14,17H,4,10,15-16H2,2H3/t17-/m0/s1. The van der Waals surface area contributed by atoms with E-state index in [0.29, 0.717) is 19.4 Å². The molecule has 0 N–H and O–H groups in total. The molecule has 23 heavy (non-hydrogen) atoms. The lowest BCUT2D eigenvalue weighted by molar-refractivity contribution is -0.122. The number of carbonyl (C=O) groups excluding carboxylic acids is 1. The van der Waals surface area contributed by atoms with Gasteiger partial charge in [-0.25, -0.2) is 0 Å². The quantitative estimate of drug-likeness (QED) is 0.675. The minimum atomic E-state index is -0.000521. The highest BCUT2D eigenvalue weighted by Gasteiger charge is 2.12. The summed E-state index contributed by atoms with van der Waals surface area (Å²) in [4.78, 5) is 11.9. The van der Waals surface area contributed by atoms with E-state index in [9.17, 15) is 4.79 Å². The molecule has 0 aliphatic rings. The maximum atomic E-state index is 11.9. The summed E-state index contributed by atoms with van der Waals surface area (Å²) < 4.78 is 5.76. The molecule has 0 radical (unpaired) electrons. The zero-order valence-electron chi connectivity index (χ0n) is 13.5. The van der Waals surface area contributed by atoms with E-state index in [4.69, 9.17) is 11.2 Å². The Morgan fingerprint density at radius 3 is 2.43 bits per heavy atom. The highest BCUT2D eigenvalue weighted by Crippen LogP contribution is 2.17. The molecule has 0 heterocycles.